The van der Waals surface area contributed by atoms with Crippen molar-refractivity contribution in [3.8, 4) is 16.9 Å². The average molecular weight is 281 g/mol. The molecule has 2 aromatic carbocycles. The molecule has 0 aliphatic carbocycles. The zero-order valence-corrected chi connectivity index (χ0v) is 10.7. The standard InChI is InChI=1S/C14H10ClFO3/c1-19-13-6-8(2-3-12(13)14(17)18)9-4-10(15)7-11(16)5-9/h2-7H,1H3,(H,17,18). The van der Waals surface area contributed by atoms with Crippen LogP contribution in [-0.2, 0) is 0 Å². The fourth-order valence-corrected chi connectivity index (χ4v) is 1.99. The van der Waals surface area contributed by atoms with Gasteiger partial charge in [0.1, 0.15) is 17.1 Å². The highest BCUT2D eigenvalue weighted by atomic mass is 35.5. The van der Waals surface area contributed by atoms with Gasteiger partial charge in [0.15, 0.2) is 0 Å². The van der Waals surface area contributed by atoms with E-state index in [0.717, 1.165) is 0 Å². The Morgan fingerprint density at radius 2 is 1.95 bits per heavy atom. The number of carboxylic acids is 1. The average Bonchev–Trinajstić information content (AvgIpc) is 2.36. The Balaban J connectivity index is 2.54. The molecule has 0 aliphatic rings. The van der Waals surface area contributed by atoms with E-state index in [1.807, 2.05) is 0 Å². The first-order chi connectivity index (χ1) is 9.01. The van der Waals surface area contributed by atoms with Crippen LogP contribution in [0.4, 0.5) is 4.39 Å². The van der Waals surface area contributed by atoms with E-state index in [1.54, 1.807) is 12.1 Å². The zero-order valence-electron chi connectivity index (χ0n) is 9.98. The van der Waals surface area contributed by atoms with E-state index in [1.165, 1.54) is 31.4 Å². The third-order valence-corrected chi connectivity index (χ3v) is 2.85. The maximum absolute atomic E-state index is 13.3. The number of aromatic carboxylic acids is 1. The topological polar surface area (TPSA) is 46.5 Å². The molecule has 0 fully saturated rings. The van der Waals surface area contributed by atoms with Gasteiger partial charge >= 0.3 is 5.97 Å². The van der Waals surface area contributed by atoms with Crippen molar-refractivity contribution in [3.63, 3.8) is 0 Å². The summed E-state index contributed by atoms with van der Waals surface area (Å²) in [6.45, 7) is 0. The number of rotatable bonds is 3. The van der Waals surface area contributed by atoms with Crippen LogP contribution in [0.15, 0.2) is 36.4 Å². The molecule has 0 amide bonds. The molecule has 0 saturated heterocycles. The molecule has 0 unspecified atom stereocenters. The molecule has 0 radical (unpaired) electrons. The molecule has 3 nitrogen and oxygen atoms in total. The summed E-state index contributed by atoms with van der Waals surface area (Å²) in [5.74, 6) is -1.32. The fourth-order valence-electron chi connectivity index (χ4n) is 1.77. The molecule has 2 aromatic rings. The highest BCUT2D eigenvalue weighted by Gasteiger charge is 2.12. The molecule has 0 aromatic heterocycles. The third-order valence-electron chi connectivity index (χ3n) is 2.63. The van der Waals surface area contributed by atoms with E-state index in [9.17, 15) is 9.18 Å². The monoisotopic (exact) mass is 280 g/mol. The van der Waals surface area contributed by atoms with E-state index in [4.69, 9.17) is 21.4 Å². The Morgan fingerprint density at radius 1 is 1.21 bits per heavy atom. The first-order valence-electron chi connectivity index (χ1n) is 5.39. The van der Waals surface area contributed by atoms with E-state index in [0.29, 0.717) is 11.1 Å². The maximum Gasteiger partial charge on any atom is 0.339 e. The molecule has 0 atom stereocenters. The van der Waals surface area contributed by atoms with Crippen LogP contribution >= 0.6 is 11.6 Å². The second-order valence-electron chi connectivity index (χ2n) is 3.88. The molecular formula is C14H10ClFO3. The van der Waals surface area contributed by atoms with Gasteiger partial charge in [0, 0.05) is 5.02 Å². The van der Waals surface area contributed by atoms with Crippen molar-refractivity contribution in [2.24, 2.45) is 0 Å². The number of hydrogen-bond acceptors (Lipinski definition) is 2. The van der Waals surface area contributed by atoms with Gasteiger partial charge in [-0.15, -0.1) is 0 Å². The summed E-state index contributed by atoms with van der Waals surface area (Å²) in [6.07, 6.45) is 0. The fraction of sp³-hybridized carbons (Fsp3) is 0.0714. The number of ether oxygens (including phenoxy) is 1. The molecule has 0 heterocycles. The van der Waals surface area contributed by atoms with Crippen molar-refractivity contribution in [1.29, 1.82) is 0 Å². The van der Waals surface area contributed by atoms with E-state index in [-0.39, 0.29) is 16.3 Å². The molecule has 5 heteroatoms. The Morgan fingerprint density at radius 3 is 2.53 bits per heavy atom. The SMILES string of the molecule is COc1cc(-c2cc(F)cc(Cl)c2)ccc1C(=O)O. The third kappa shape index (κ3) is 2.85. The van der Waals surface area contributed by atoms with Crippen molar-refractivity contribution in [2.45, 2.75) is 0 Å². The van der Waals surface area contributed by atoms with E-state index >= 15 is 0 Å². The molecular weight excluding hydrogens is 271 g/mol. The van der Waals surface area contributed by atoms with Gasteiger partial charge in [-0.25, -0.2) is 9.18 Å². The molecule has 0 bridgehead atoms. The lowest BCUT2D eigenvalue weighted by Gasteiger charge is -2.08. The summed E-state index contributed by atoms with van der Waals surface area (Å²) in [6, 6.07) is 8.65. The van der Waals surface area contributed by atoms with E-state index in [2.05, 4.69) is 0 Å². The largest absolute Gasteiger partial charge is 0.496 e. The lowest BCUT2D eigenvalue weighted by Crippen LogP contribution is -2.00. The quantitative estimate of drug-likeness (QED) is 0.929. The highest BCUT2D eigenvalue weighted by Crippen LogP contribution is 2.29. The highest BCUT2D eigenvalue weighted by molar-refractivity contribution is 6.30. The molecule has 2 rings (SSSR count). The van der Waals surface area contributed by atoms with Crippen LogP contribution in [-0.4, -0.2) is 18.2 Å². The molecule has 0 aliphatic heterocycles. The Bertz CT molecular complexity index is 620. The number of carbonyl (C=O) groups is 1. The summed E-state index contributed by atoms with van der Waals surface area (Å²) in [5.41, 5.74) is 1.23. The molecule has 19 heavy (non-hydrogen) atoms. The maximum atomic E-state index is 13.3. The van der Waals surface area contributed by atoms with Crippen LogP contribution in [0.3, 0.4) is 0 Å². The Labute approximate surface area is 114 Å². The number of benzene rings is 2. The van der Waals surface area contributed by atoms with Gasteiger partial charge in [0.05, 0.1) is 7.11 Å². The molecule has 98 valence electrons. The van der Waals surface area contributed by atoms with Crippen LogP contribution in [0, 0.1) is 5.82 Å². The van der Waals surface area contributed by atoms with Gasteiger partial charge in [0.2, 0.25) is 0 Å². The van der Waals surface area contributed by atoms with Crippen LogP contribution in [0.25, 0.3) is 11.1 Å². The van der Waals surface area contributed by atoms with Crippen LogP contribution in [0.5, 0.6) is 5.75 Å². The second kappa shape index (κ2) is 5.28. The zero-order chi connectivity index (χ0) is 14.0. The Kier molecular flexibility index (Phi) is 3.71. The summed E-state index contributed by atoms with van der Waals surface area (Å²) >= 11 is 5.79. The summed E-state index contributed by atoms with van der Waals surface area (Å²) in [7, 11) is 1.38. The smallest absolute Gasteiger partial charge is 0.339 e. The predicted molar refractivity (Wildman–Crippen MR) is 70.4 cm³/mol. The lowest BCUT2D eigenvalue weighted by atomic mass is 10.0. The van der Waals surface area contributed by atoms with Gasteiger partial charge in [0.25, 0.3) is 0 Å². The van der Waals surface area contributed by atoms with Crippen molar-refractivity contribution in [2.75, 3.05) is 7.11 Å². The summed E-state index contributed by atoms with van der Waals surface area (Å²) in [4.78, 5) is 11.0. The van der Waals surface area contributed by atoms with Crippen LogP contribution in [0.2, 0.25) is 5.02 Å². The van der Waals surface area contributed by atoms with Gasteiger partial charge in [-0.1, -0.05) is 17.7 Å². The lowest BCUT2D eigenvalue weighted by molar-refractivity contribution is 0.0693. The molecule has 0 saturated carbocycles. The minimum Gasteiger partial charge on any atom is -0.496 e. The van der Waals surface area contributed by atoms with Gasteiger partial charge in [-0.05, 0) is 41.5 Å². The summed E-state index contributed by atoms with van der Waals surface area (Å²) < 4.78 is 18.3. The first kappa shape index (κ1) is 13.4. The Hall–Kier alpha value is -2.07. The van der Waals surface area contributed by atoms with Crippen molar-refractivity contribution >= 4 is 17.6 Å². The normalized spacial score (nSPS) is 10.3. The van der Waals surface area contributed by atoms with Gasteiger partial charge < -0.3 is 9.84 Å². The van der Waals surface area contributed by atoms with Gasteiger partial charge in [-0.2, -0.15) is 0 Å². The first-order valence-corrected chi connectivity index (χ1v) is 5.77. The number of carboxylic acid groups (broad SMARTS) is 1. The van der Waals surface area contributed by atoms with Crippen LogP contribution in [0.1, 0.15) is 10.4 Å². The number of hydrogen-bond donors (Lipinski definition) is 1. The summed E-state index contributed by atoms with van der Waals surface area (Å²) in [5, 5.41) is 9.26. The van der Waals surface area contributed by atoms with Crippen molar-refractivity contribution in [3.05, 3.63) is 52.8 Å². The minimum atomic E-state index is -1.08. The van der Waals surface area contributed by atoms with Crippen molar-refractivity contribution in [1.82, 2.24) is 0 Å². The molecule has 1 N–H and O–H groups in total. The van der Waals surface area contributed by atoms with Gasteiger partial charge in [-0.3, -0.25) is 0 Å². The molecule has 0 spiro atoms. The number of methoxy groups -OCH3 is 1. The predicted octanol–water partition coefficient (Wildman–Crippen LogP) is 3.85. The van der Waals surface area contributed by atoms with E-state index < -0.39 is 11.8 Å². The second-order valence-corrected chi connectivity index (χ2v) is 4.31. The van der Waals surface area contributed by atoms with Crippen molar-refractivity contribution < 1.29 is 19.0 Å². The van der Waals surface area contributed by atoms with Crippen LogP contribution < -0.4 is 4.74 Å². The minimum absolute atomic E-state index is 0.0498. The number of halogens is 2.